The van der Waals surface area contributed by atoms with Crippen LogP contribution in [-0.4, -0.2) is 49.0 Å². The van der Waals surface area contributed by atoms with Gasteiger partial charge in [-0.25, -0.2) is 0 Å². The molecule has 1 heterocycles. The van der Waals surface area contributed by atoms with Gasteiger partial charge in [0, 0.05) is 30.9 Å². The second kappa shape index (κ2) is 9.95. The molecule has 1 atom stereocenters. The van der Waals surface area contributed by atoms with Crippen molar-refractivity contribution in [1.82, 2.24) is 26.1 Å². The van der Waals surface area contributed by atoms with Gasteiger partial charge in [0.25, 0.3) is 0 Å². The molecule has 21 heavy (non-hydrogen) atoms. The Morgan fingerprint density at radius 1 is 1.48 bits per heavy atom. The van der Waals surface area contributed by atoms with Crippen molar-refractivity contribution in [2.45, 2.75) is 26.4 Å². The summed E-state index contributed by atoms with van der Waals surface area (Å²) in [6.45, 7) is 6.15. The Morgan fingerprint density at radius 2 is 2.29 bits per heavy atom. The van der Waals surface area contributed by atoms with Gasteiger partial charge < -0.3 is 16.0 Å². The van der Waals surface area contributed by atoms with Gasteiger partial charge in [-0.15, -0.1) is 0 Å². The van der Waals surface area contributed by atoms with Gasteiger partial charge in [0.2, 0.25) is 5.91 Å². The van der Waals surface area contributed by atoms with Crippen LogP contribution in [0, 0.1) is 6.92 Å². The highest BCUT2D eigenvalue weighted by atomic mass is 16.1. The molecule has 0 aliphatic heterocycles. The van der Waals surface area contributed by atoms with Crippen LogP contribution >= 0.6 is 0 Å². The summed E-state index contributed by atoms with van der Waals surface area (Å²) < 4.78 is 0. The number of anilines is 1. The number of nitrogens with one attached hydrogen (secondary N) is 5. The standard InChI is InChI=1S/C14H26N6O/c1-11-10-13(20-19-11)18-12(2)16-8-4-6-14(21)17-9-5-7-15-3/h4,6,10,12,15-16H,5,7-9H2,1-3H3,(H,17,21)(H2,18,19,20)/b6-4+. The molecule has 1 unspecified atom stereocenters. The highest BCUT2D eigenvalue weighted by Gasteiger charge is 2.02. The van der Waals surface area contributed by atoms with Crippen molar-refractivity contribution in [2.24, 2.45) is 0 Å². The zero-order valence-electron chi connectivity index (χ0n) is 13.0. The fourth-order valence-corrected chi connectivity index (χ4v) is 1.71. The van der Waals surface area contributed by atoms with Crippen molar-refractivity contribution in [3.8, 4) is 0 Å². The summed E-state index contributed by atoms with van der Waals surface area (Å²) in [6, 6.07) is 1.94. The molecule has 1 aromatic heterocycles. The molecule has 0 aliphatic carbocycles. The van der Waals surface area contributed by atoms with Crippen molar-refractivity contribution in [3.05, 3.63) is 23.9 Å². The predicted molar refractivity (Wildman–Crippen MR) is 85.1 cm³/mol. The maximum atomic E-state index is 11.5. The Hall–Kier alpha value is -1.86. The average molecular weight is 294 g/mol. The largest absolute Gasteiger partial charge is 0.354 e. The quantitative estimate of drug-likeness (QED) is 0.244. The lowest BCUT2D eigenvalue weighted by Crippen LogP contribution is -2.33. The lowest BCUT2D eigenvalue weighted by atomic mass is 10.4. The van der Waals surface area contributed by atoms with Crippen molar-refractivity contribution in [2.75, 3.05) is 32.0 Å². The van der Waals surface area contributed by atoms with Crippen molar-refractivity contribution < 1.29 is 4.79 Å². The van der Waals surface area contributed by atoms with E-state index < -0.39 is 0 Å². The summed E-state index contributed by atoms with van der Waals surface area (Å²) in [7, 11) is 1.90. The number of amides is 1. The molecule has 0 fully saturated rings. The number of aromatic amines is 1. The minimum absolute atomic E-state index is 0.0589. The van der Waals surface area contributed by atoms with Gasteiger partial charge >= 0.3 is 0 Å². The highest BCUT2D eigenvalue weighted by Crippen LogP contribution is 2.04. The topological polar surface area (TPSA) is 93.9 Å². The van der Waals surface area contributed by atoms with E-state index in [9.17, 15) is 4.79 Å². The van der Waals surface area contributed by atoms with E-state index in [0.717, 1.165) is 24.5 Å². The molecule has 0 aromatic carbocycles. The molecule has 5 N–H and O–H groups in total. The monoisotopic (exact) mass is 294 g/mol. The second-order valence-corrected chi connectivity index (χ2v) is 4.86. The van der Waals surface area contributed by atoms with Gasteiger partial charge in [0.15, 0.2) is 0 Å². The molecule has 7 heteroatoms. The summed E-state index contributed by atoms with van der Waals surface area (Å²) in [4.78, 5) is 11.5. The Morgan fingerprint density at radius 3 is 2.95 bits per heavy atom. The molecule has 1 rings (SSSR count). The molecular weight excluding hydrogens is 268 g/mol. The van der Waals surface area contributed by atoms with Crippen LogP contribution < -0.4 is 21.3 Å². The number of H-pyrrole nitrogens is 1. The smallest absolute Gasteiger partial charge is 0.243 e. The van der Waals surface area contributed by atoms with Crippen LogP contribution in [0.1, 0.15) is 19.0 Å². The van der Waals surface area contributed by atoms with Crippen LogP contribution in [0.5, 0.6) is 0 Å². The van der Waals surface area contributed by atoms with Gasteiger partial charge in [0.1, 0.15) is 5.82 Å². The minimum Gasteiger partial charge on any atom is -0.354 e. The average Bonchev–Trinajstić information content (AvgIpc) is 2.85. The van der Waals surface area contributed by atoms with Crippen LogP contribution in [0.25, 0.3) is 0 Å². The zero-order valence-corrected chi connectivity index (χ0v) is 13.0. The van der Waals surface area contributed by atoms with E-state index in [1.807, 2.05) is 27.0 Å². The molecule has 0 aliphatic rings. The molecule has 0 saturated carbocycles. The lowest BCUT2D eigenvalue weighted by Gasteiger charge is -2.13. The number of carbonyl (C=O) groups is 1. The van der Waals surface area contributed by atoms with Gasteiger partial charge in [-0.1, -0.05) is 6.08 Å². The molecule has 1 aromatic rings. The first-order valence-corrected chi connectivity index (χ1v) is 7.22. The summed E-state index contributed by atoms with van der Waals surface area (Å²) in [6.07, 6.45) is 4.35. The van der Waals surface area contributed by atoms with E-state index in [-0.39, 0.29) is 12.1 Å². The number of aryl methyl sites for hydroxylation is 1. The number of hydrogen-bond acceptors (Lipinski definition) is 5. The normalized spacial score (nSPS) is 12.5. The molecule has 0 bridgehead atoms. The fraction of sp³-hybridized carbons (Fsp3) is 0.571. The number of nitrogens with zero attached hydrogens (tertiary/aromatic N) is 1. The molecule has 0 saturated heterocycles. The number of aromatic nitrogens is 2. The number of rotatable bonds is 10. The van der Waals surface area contributed by atoms with Crippen molar-refractivity contribution in [3.63, 3.8) is 0 Å². The molecule has 0 radical (unpaired) electrons. The van der Waals surface area contributed by atoms with Gasteiger partial charge in [-0.3, -0.25) is 15.2 Å². The van der Waals surface area contributed by atoms with Crippen LogP contribution in [0.3, 0.4) is 0 Å². The fourth-order valence-electron chi connectivity index (χ4n) is 1.71. The first-order chi connectivity index (χ1) is 10.1. The van der Waals surface area contributed by atoms with Crippen LogP contribution in [0.2, 0.25) is 0 Å². The van der Waals surface area contributed by atoms with Gasteiger partial charge in [-0.05, 0) is 33.9 Å². The van der Waals surface area contributed by atoms with E-state index in [2.05, 4.69) is 31.5 Å². The first-order valence-electron chi connectivity index (χ1n) is 7.22. The molecule has 1 amide bonds. The Kier molecular flexibility index (Phi) is 8.15. The molecule has 0 spiro atoms. The summed E-state index contributed by atoms with van der Waals surface area (Å²) in [5.41, 5.74) is 1.01. The van der Waals surface area contributed by atoms with Crippen molar-refractivity contribution >= 4 is 11.7 Å². The third-order valence-electron chi connectivity index (χ3n) is 2.78. The number of hydrogen-bond donors (Lipinski definition) is 5. The van der Waals surface area contributed by atoms with Crippen LogP contribution in [0.4, 0.5) is 5.82 Å². The highest BCUT2D eigenvalue weighted by molar-refractivity contribution is 5.87. The maximum absolute atomic E-state index is 11.5. The lowest BCUT2D eigenvalue weighted by molar-refractivity contribution is -0.116. The third kappa shape index (κ3) is 8.11. The van der Waals surface area contributed by atoms with E-state index in [1.165, 1.54) is 0 Å². The van der Waals surface area contributed by atoms with Crippen LogP contribution in [0.15, 0.2) is 18.2 Å². The molecular formula is C14H26N6O. The first kappa shape index (κ1) is 17.2. The molecule has 118 valence electrons. The van der Waals surface area contributed by atoms with E-state index in [1.54, 1.807) is 12.2 Å². The SMILES string of the molecule is CNCCCNC(=O)/C=C/CNC(C)Nc1cc(C)[nH]n1. The van der Waals surface area contributed by atoms with E-state index >= 15 is 0 Å². The summed E-state index contributed by atoms with van der Waals surface area (Å²) >= 11 is 0. The zero-order chi connectivity index (χ0) is 15.5. The number of carbonyl (C=O) groups excluding carboxylic acids is 1. The van der Waals surface area contributed by atoms with Gasteiger partial charge in [-0.2, -0.15) is 5.10 Å². The van der Waals surface area contributed by atoms with E-state index in [0.29, 0.717) is 13.1 Å². The summed E-state index contributed by atoms with van der Waals surface area (Å²) in [5, 5.41) is 19.3. The minimum atomic E-state index is -0.0589. The molecule has 7 nitrogen and oxygen atoms in total. The Bertz CT molecular complexity index is 442. The maximum Gasteiger partial charge on any atom is 0.243 e. The summed E-state index contributed by atoms with van der Waals surface area (Å²) in [5.74, 6) is 0.746. The Labute approximate surface area is 126 Å². The second-order valence-electron chi connectivity index (χ2n) is 4.86. The van der Waals surface area contributed by atoms with Crippen LogP contribution in [-0.2, 0) is 4.79 Å². The third-order valence-corrected chi connectivity index (χ3v) is 2.78. The van der Waals surface area contributed by atoms with E-state index in [4.69, 9.17) is 0 Å². The van der Waals surface area contributed by atoms with Crippen molar-refractivity contribution in [1.29, 1.82) is 0 Å². The van der Waals surface area contributed by atoms with Gasteiger partial charge in [0.05, 0.1) is 6.17 Å². The Balaban J connectivity index is 2.11. The predicted octanol–water partition coefficient (Wildman–Crippen LogP) is 0.348.